The molecule has 0 bridgehead atoms. The van der Waals surface area contributed by atoms with Crippen molar-refractivity contribution in [1.29, 1.82) is 0 Å². The van der Waals surface area contributed by atoms with Gasteiger partial charge in [0.25, 0.3) is 0 Å². The predicted molar refractivity (Wildman–Crippen MR) is 50.3 cm³/mol. The number of β-amino-alcohol motifs (C(OH)–C–C–N with tert-alkyl or cyclic N) is 1. The lowest BCUT2D eigenvalue weighted by Gasteiger charge is -2.18. The maximum absolute atomic E-state index is 11.5. The second-order valence-electron chi connectivity index (χ2n) is 4.08. The zero-order valence-corrected chi connectivity index (χ0v) is 8.53. The zero-order chi connectivity index (χ0) is 10.0. The van der Waals surface area contributed by atoms with Crippen LogP contribution in [0.15, 0.2) is 0 Å². The Morgan fingerprint density at radius 1 is 1.54 bits per heavy atom. The minimum Gasteiger partial charge on any atom is -0.391 e. The van der Waals surface area contributed by atoms with Gasteiger partial charge in [-0.3, -0.25) is 4.79 Å². The van der Waals surface area contributed by atoms with Gasteiger partial charge in [-0.15, -0.1) is 0 Å². The van der Waals surface area contributed by atoms with Gasteiger partial charge in [0.15, 0.2) is 0 Å². The zero-order valence-electron chi connectivity index (χ0n) is 8.53. The van der Waals surface area contributed by atoms with Crippen LogP contribution >= 0.6 is 0 Å². The van der Waals surface area contributed by atoms with E-state index in [4.69, 9.17) is 0 Å². The topological polar surface area (TPSA) is 43.8 Å². The van der Waals surface area contributed by atoms with Crippen LogP contribution in [0.4, 0.5) is 0 Å². The minimum atomic E-state index is -0.342. The number of amides is 1. The van der Waals surface area contributed by atoms with Crippen LogP contribution in [0.1, 0.15) is 6.92 Å². The number of likely N-dealkylation sites (N-methyl/N-ethyl adjacent to an activating group) is 1. The fraction of sp³-hybridized carbons (Fsp3) is 0.889. The number of aliphatic hydroxyl groups excluding tert-OH is 1. The molecule has 0 radical (unpaired) electrons. The summed E-state index contributed by atoms with van der Waals surface area (Å²) in [5.41, 5.74) is 0. The van der Waals surface area contributed by atoms with E-state index in [0.717, 1.165) is 0 Å². The number of aliphatic hydroxyl groups is 1. The third-order valence-electron chi connectivity index (χ3n) is 2.38. The van der Waals surface area contributed by atoms with Crippen molar-refractivity contribution in [1.82, 2.24) is 9.80 Å². The molecule has 4 heteroatoms. The molecule has 1 rings (SSSR count). The van der Waals surface area contributed by atoms with Crippen LogP contribution in [-0.2, 0) is 4.79 Å². The third kappa shape index (κ3) is 2.67. The summed E-state index contributed by atoms with van der Waals surface area (Å²) < 4.78 is 0. The molecule has 0 spiro atoms. The molecule has 13 heavy (non-hydrogen) atoms. The Hall–Kier alpha value is -0.610. The summed E-state index contributed by atoms with van der Waals surface area (Å²) >= 11 is 0. The van der Waals surface area contributed by atoms with E-state index in [9.17, 15) is 9.90 Å². The Labute approximate surface area is 79.1 Å². The molecule has 1 N–H and O–H groups in total. The molecular formula is C9H18N2O2. The maximum Gasteiger partial charge on any atom is 0.236 e. The van der Waals surface area contributed by atoms with E-state index in [2.05, 4.69) is 0 Å². The van der Waals surface area contributed by atoms with Crippen molar-refractivity contribution in [3.05, 3.63) is 0 Å². The van der Waals surface area contributed by atoms with Crippen LogP contribution in [0.25, 0.3) is 0 Å². The van der Waals surface area contributed by atoms with Crippen molar-refractivity contribution in [2.45, 2.75) is 13.0 Å². The smallest absolute Gasteiger partial charge is 0.236 e. The first kappa shape index (κ1) is 10.5. The van der Waals surface area contributed by atoms with Gasteiger partial charge in [-0.1, -0.05) is 6.92 Å². The van der Waals surface area contributed by atoms with Crippen LogP contribution < -0.4 is 0 Å². The molecule has 0 aromatic rings. The second-order valence-corrected chi connectivity index (χ2v) is 4.08. The lowest BCUT2D eigenvalue weighted by Crippen LogP contribution is -2.36. The third-order valence-corrected chi connectivity index (χ3v) is 2.38. The molecule has 0 saturated carbocycles. The predicted octanol–water partition coefficient (Wildman–Crippen LogP) is -0.613. The highest BCUT2D eigenvalue weighted by Crippen LogP contribution is 2.15. The summed E-state index contributed by atoms with van der Waals surface area (Å²) in [5, 5.41) is 9.44. The fourth-order valence-corrected chi connectivity index (χ4v) is 1.52. The first-order chi connectivity index (χ1) is 6.00. The summed E-state index contributed by atoms with van der Waals surface area (Å²) in [6.45, 7) is 3.58. The van der Waals surface area contributed by atoms with Gasteiger partial charge in [0.1, 0.15) is 0 Å². The SMILES string of the molecule is CC1CN(C(=O)CN(C)C)CC1O. The first-order valence-corrected chi connectivity index (χ1v) is 4.61. The van der Waals surface area contributed by atoms with Crippen molar-refractivity contribution in [2.24, 2.45) is 5.92 Å². The highest BCUT2D eigenvalue weighted by Gasteiger charge is 2.30. The number of carbonyl (C=O) groups excluding carboxylic acids is 1. The van der Waals surface area contributed by atoms with E-state index >= 15 is 0 Å². The molecule has 0 aromatic heterocycles. The monoisotopic (exact) mass is 186 g/mol. The largest absolute Gasteiger partial charge is 0.391 e. The van der Waals surface area contributed by atoms with E-state index in [1.165, 1.54) is 0 Å². The van der Waals surface area contributed by atoms with Gasteiger partial charge < -0.3 is 14.9 Å². The summed E-state index contributed by atoms with van der Waals surface area (Å²) in [6.07, 6.45) is -0.342. The number of hydrogen-bond donors (Lipinski definition) is 1. The normalized spacial score (nSPS) is 28.5. The molecule has 1 aliphatic heterocycles. The van der Waals surface area contributed by atoms with Gasteiger partial charge in [0.05, 0.1) is 12.6 Å². The maximum atomic E-state index is 11.5. The Morgan fingerprint density at radius 3 is 2.54 bits per heavy atom. The molecule has 2 atom stereocenters. The Morgan fingerprint density at radius 2 is 2.15 bits per heavy atom. The summed E-state index contributed by atoms with van der Waals surface area (Å²) in [4.78, 5) is 15.1. The van der Waals surface area contributed by atoms with Gasteiger partial charge in [-0.2, -0.15) is 0 Å². The number of likely N-dealkylation sites (tertiary alicyclic amines) is 1. The first-order valence-electron chi connectivity index (χ1n) is 4.61. The van der Waals surface area contributed by atoms with Gasteiger partial charge in [0, 0.05) is 19.0 Å². The summed E-state index contributed by atoms with van der Waals surface area (Å²) in [7, 11) is 3.74. The number of hydrogen-bond acceptors (Lipinski definition) is 3. The molecule has 1 heterocycles. The van der Waals surface area contributed by atoms with Gasteiger partial charge in [-0.05, 0) is 14.1 Å². The van der Waals surface area contributed by atoms with Crippen molar-refractivity contribution >= 4 is 5.91 Å². The van der Waals surface area contributed by atoms with Crippen LogP contribution in [0, 0.1) is 5.92 Å². The number of rotatable bonds is 2. The molecule has 4 nitrogen and oxygen atoms in total. The van der Waals surface area contributed by atoms with E-state index in [0.29, 0.717) is 19.6 Å². The van der Waals surface area contributed by atoms with Crippen molar-refractivity contribution < 1.29 is 9.90 Å². The molecule has 1 saturated heterocycles. The molecule has 1 fully saturated rings. The Kier molecular flexibility index (Phi) is 3.27. The highest BCUT2D eigenvalue weighted by atomic mass is 16.3. The number of carbonyl (C=O) groups is 1. The van der Waals surface area contributed by atoms with E-state index < -0.39 is 0 Å². The van der Waals surface area contributed by atoms with Crippen LogP contribution in [0.3, 0.4) is 0 Å². The van der Waals surface area contributed by atoms with Gasteiger partial charge >= 0.3 is 0 Å². The molecule has 1 amide bonds. The quantitative estimate of drug-likeness (QED) is 0.625. The molecular weight excluding hydrogens is 168 g/mol. The number of nitrogens with zero attached hydrogens (tertiary/aromatic N) is 2. The highest BCUT2D eigenvalue weighted by molar-refractivity contribution is 5.78. The minimum absolute atomic E-state index is 0.105. The van der Waals surface area contributed by atoms with Crippen molar-refractivity contribution in [2.75, 3.05) is 33.7 Å². The summed E-state index contributed by atoms with van der Waals surface area (Å²) in [6, 6.07) is 0. The molecule has 0 aromatic carbocycles. The van der Waals surface area contributed by atoms with Crippen molar-refractivity contribution in [3.8, 4) is 0 Å². The molecule has 2 unspecified atom stereocenters. The van der Waals surface area contributed by atoms with Crippen LogP contribution in [0.5, 0.6) is 0 Å². The van der Waals surface area contributed by atoms with E-state index in [1.807, 2.05) is 25.9 Å². The standard InChI is InChI=1S/C9H18N2O2/c1-7-4-11(5-8(7)12)9(13)6-10(2)3/h7-8,12H,4-6H2,1-3H3. The lowest BCUT2D eigenvalue weighted by atomic mass is 10.1. The van der Waals surface area contributed by atoms with E-state index in [-0.39, 0.29) is 17.9 Å². The van der Waals surface area contributed by atoms with Gasteiger partial charge in [-0.25, -0.2) is 0 Å². The van der Waals surface area contributed by atoms with Crippen LogP contribution in [-0.4, -0.2) is 60.6 Å². The lowest BCUT2D eigenvalue weighted by molar-refractivity contribution is -0.131. The second kappa shape index (κ2) is 4.07. The fourth-order valence-electron chi connectivity index (χ4n) is 1.52. The Bertz CT molecular complexity index is 184. The Balaban J connectivity index is 2.42. The average Bonchev–Trinajstić information content (AvgIpc) is 2.31. The van der Waals surface area contributed by atoms with Crippen LogP contribution in [0.2, 0.25) is 0 Å². The molecule has 1 aliphatic rings. The summed E-state index contributed by atoms with van der Waals surface area (Å²) in [5.74, 6) is 0.319. The van der Waals surface area contributed by atoms with Gasteiger partial charge in [0.2, 0.25) is 5.91 Å². The molecule has 76 valence electrons. The van der Waals surface area contributed by atoms with E-state index in [1.54, 1.807) is 4.90 Å². The molecule has 0 aliphatic carbocycles. The van der Waals surface area contributed by atoms with Crippen molar-refractivity contribution in [3.63, 3.8) is 0 Å². The average molecular weight is 186 g/mol.